The average molecular weight is 165 g/mol. The number of ketones is 1. The van der Waals surface area contributed by atoms with E-state index in [1.165, 1.54) is 0 Å². The number of Topliss-reactive ketones (excluding diaryl/α,β-unsaturated/α-hetero) is 1. The molecule has 1 rings (SSSR count). The molecule has 1 aliphatic rings. The minimum atomic E-state index is 0.0369. The molecule has 1 fully saturated rings. The highest BCUT2D eigenvalue weighted by molar-refractivity contribution is 5.83. The Labute approximate surface area is 73.5 Å². The molecule has 0 aliphatic heterocycles. The second-order valence-electron chi connectivity index (χ2n) is 3.40. The van der Waals surface area contributed by atoms with E-state index in [0.717, 1.165) is 25.7 Å². The summed E-state index contributed by atoms with van der Waals surface area (Å²) in [6.07, 6.45) is 9.50. The summed E-state index contributed by atoms with van der Waals surface area (Å²) in [5.74, 6) is 2.57. The molecular formula is C10H15NO. The molecule has 2 nitrogen and oxygen atoms in total. The van der Waals surface area contributed by atoms with Crippen LogP contribution in [-0.4, -0.2) is 11.8 Å². The fourth-order valence-corrected chi connectivity index (χ4v) is 1.79. The largest absolute Gasteiger partial charge is 0.327 e. The summed E-state index contributed by atoms with van der Waals surface area (Å²) in [4.78, 5) is 11.4. The molecule has 2 heteroatoms. The topological polar surface area (TPSA) is 43.1 Å². The Bertz CT molecular complexity index is 204. The minimum absolute atomic E-state index is 0.0369. The van der Waals surface area contributed by atoms with Crippen LogP contribution >= 0.6 is 0 Å². The molecule has 66 valence electrons. The first-order valence-electron chi connectivity index (χ1n) is 4.47. The Morgan fingerprint density at radius 3 is 2.75 bits per heavy atom. The lowest BCUT2D eigenvalue weighted by atomic mass is 9.81. The SMILES string of the molecule is C#CCC(=O)C1CCCCC1N. The van der Waals surface area contributed by atoms with Crippen LogP contribution in [-0.2, 0) is 4.79 Å². The van der Waals surface area contributed by atoms with Crippen molar-refractivity contribution < 1.29 is 4.79 Å². The van der Waals surface area contributed by atoms with Crippen LogP contribution in [0, 0.1) is 18.3 Å². The summed E-state index contributed by atoms with van der Waals surface area (Å²) < 4.78 is 0. The van der Waals surface area contributed by atoms with Crippen LogP contribution in [0.25, 0.3) is 0 Å². The maximum atomic E-state index is 11.4. The Morgan fingerprint density at radius 2 is 2.17 bits per heavy atom. The maximum absolute atomic E-state index is 11.4. The predicted molar refractivity (Wildman–Crippen MR) is 48.4 cm³/mol. The van der Waals surface area contributed by atoms with Crippen molar-refractivity contribution in [2.75, 3.05) is 0 Å². The van der Waals surface area contributed by atoms with Gasteiger partial charge in [0.25, 0.3) is 0 Å². The van der Waals surface area contributed by atoms with E-state index in [4.69, 9.17) is 12.2 Å². The monoisotopic (exact) mass is 165 g/mol. The van der Waals surface area contributed by atoms with Gasteiger partial charge in [-0.25, -0.2) is 0 Å². The third-order valence-corrected chi connectivity index (χ3v) is 2.51. The van der Waals surface area contributed by atoms with Crippen LogP contribution in [0.5, 0.6) is 0 Å². The van der Waals surface area contributed by atoms with E-state index in [1.807, 2.05) is 0 Å². The van der Waals surface area contributed by atoms with Crippen molar-refractivity contribution in [3.05, 3.63) is 0 Å². The van der Waals surface area contributed by atoms with Gasteiger partial charge in [0.1, 0.15) is 5.78 Å². The summed E-state index contributed by atoms with van der Waals surface area (Å²) in [6.45, 7) is 0. The van der Waals surface area contributed by atoms with Gasteiger partial charge in [0, 0.05) is 12.0 Å². The summed E-state index contributed by atoms with van der Waals surface area (Å²) in [5, 5.41) is 0. The highest BCUT2D eigenvalue weighted by atomic mass is 16.1. The molecule has 0 radical (unpaired) electrons. The first-order valence-corrected chi connectivity index (χ1v) is 4.47. The summed E-state index contributed by atoms with van der Waals surface area (Å²) in [6, 6.07) is 0.0552. The number of nitrogens with two attached hydrogens (primary N) is 1. The zero-order valence-electron chi connectivity index (χ0n) is 7.25. The highest BCUT2D eigenvalue weighted by Gasteiger charge is 2.26. The van der Waals surface area contributed by atoms with Crippen LogP contribution in [0.4, 0.5) is 0 Å². The van der Waals surface area contributed by atoms with Crippen molar-refractivity contribution in [3.8, 4) is 12.3 Å². The minimum Gasteiger partial charge on any atom is -0.327 e. The lowest BCUT2D eigenvalue weighted by Crippen LogP contribution is -2.37. The lowest BCUT2D eigenvalue weighted by molar-refractivity contribution is -0.123. The number of rotatable bonds is 2. The smallest absolute Gasteiger partial charge is 0.149 e. The maximum Gasteiger partial charge on any atom is 0.149 e. The van der Waals surface area contributed by atoms with E-state index in [1.54, 1.807) is 0 Å². The number of terminal acetylenes is 1. The fourth-order valence-electron chi connectivity index (χ4n) is 1.79. The predicted octanol–water partition coefficient (Wildman–Crippen LogP) is 1.10. The van der Waals surface area contributed by atoms with Crippen molar-refractivity contribution in [1.82, 2.24) is 0 Å². The van der Waals surface area contributed by atoms with E-state index < -0.39 is 0 Å². The zero-order chi connectivity index (χ0) is 8.97. The van der Waals surface area contributed by atoms with Crippen molar-refractivity contribution in [3.63, 3.8) is 0 Å². The molecule has 2 unspecified atom stereocenters. The van der Waals surface area contributed by atoms with Crippen LogP contribution in [0.2, 0.25) is 0 Å². The summed E-state index contributed by atoms with van der Waals surface area (Å²) in [7, 11) is 0. The van der Waals surface area contributed by atoms with Gasteiger partial charge in [-0.1, -0.05) is 18.8 Å². The molecule has 2 N–H and O–H groups in total. The Hall–Kier alpha value is -0.810. The number of carbonyl (C=O) groups excluding carboxylic acids is 1. The number of hydrogen-bond donors (Lipinski definition) is 1. The zero-order valence-corrected chi connectivity index (χ0v) is 7.25. The lowest BCUT2D eigenvalue weighted by Gasteiger charge is -2.26. The van der Waals surface area contributed by atoms with Gasteiger partial charge in [-0.3, -0.25) is 4.79 Å². The van der Waals surface area contributed by atoms with Crippen molar-refractivity contribution in [1.29, 1.82) is 0 Å². The molecule has 0 aromatic rings. The van der Waals surface area contributed by atoms with Gasteiger partial charge >= 0.3 is 0 Å². The second-order valence-corrected chi connectivity index (χ2v) is 3.40. The van der Waals surface area contributed by atoms with Crippen molar-refractivity contribution in [2.24, 2.45) is 11.7 Å². The molecule has 0 bridgehead atoms. The standard InChI is InChI=1S/C10H15NO/c1-2-5-10(12)8-6-3-4-7-9(8)11/h1,8-9H,3-7,11H2. The number of hydrogen-bond acceptors (Lipinski definition) is 2. The third kappa shape index (κ3) is 2.09. The summed E-state index contributed by atoms with van der Waals surface area (Å²) in [5.41, 5.74) is 5.82. The van der Waals surface area contributed by atoms with Gasteiger partial charge in [0.05, 0.1) is 6.42 Å². The Morgan fingerprint density at radius 1 is 1.50 bits per heavy atom. The molecule has 0 amide bonds. The number of carbonyl (C=O) groups is 1. The molecule has 0 spiro atoms. The molecule has 12 heavy (non-hydrogen) atoms. The first-order chi connectivity index (χ1) is 5.75. The van der Waals surface area contributed by atoms with E-state index >= 15 is 0 Å². The van der Waals surface area contributed by atoms with Crippen molar-refractivity contribution >= 4 is 5.78 Å². The molecule has 0 aromatic heterocycles. The van der Waals surface area contributed by atoms with E-state index in [2.05, 4.69) is 5.92 Å². The first kappa shape index (κ1) is 9.28. The van der Waals surface area contributed by atoms with Gasteiger partial charge in [-0.05, 0) is 12.8 Å². The molecular weight excluding hydrogens is 150 g/mol. The van der Waals surface area contributed by atoms with Gasteiger partial charge < -0.3 is 5.73 Å². The van der Waals surface area contributed by atoms with E-state index in [-0.39, 0.29) is 24.2 Å². The molecule has 0 heterocycles. The normalized spacial score (nSPS) is 29.3. The van der Waals surface area contributed by atoms with E-state index in [0.29, 0.717) is 0 Å². The Kier molecular flexibility index (Phi) is 3.31. The third-order valence-electron chi connectivity index (χ3n) is 2.51. The molecule has 0 saturated heterocycles. The second kappa shape index (κ2) is 4.27. The fraction of sp³-hybridized carbons (Fsp3) is 0.700. The molecule has 1 aliphatic carbocycles. The molecule has 2 atom stereocenters. The van der Waals surface area contributed by atoms with E-state index in [9.17, 15) is 4.79 Å². The average Bonchev–Trinajstić information content (AvgIpc) is 2.05. The van der Waals surface area contributed by atoms with Crippen LogP contribution in [0.1, 0.15) is 32.1 Å². The summed E-state index contributed by atoms with van der Waals surface area (Å²) >= 11 is 0. The highest BCUT2D eigenvalue weighted by Crippen LogP contribution is 2.24. The van der Waals surface area contributed by atoms with Gasteiger partial charge in [-0.2, -0.15) is 0 Å². The molecule has 0 aromatic carbocycles. The van der Waals surface area contributed by atoms with Gasteiger partial charge in [0.15, 0.2) is 0 Å². The van der Waals surface area contributed by atoms with Crippen LogP contribution in [0.15, 0.2) is 0 Å². The van der Waals surface area contributed by atoms with Gasteiger partial charge in [0.2, 0.25) is 0 Å². The Balaban J connectivity index is 2.49. The van der Waals surface area contributed by atoms with Crippen LogP contribution in [0.3, 0.4) is 0 Å². The molecule has 1 saturated carbocycles. The quantitative estimate of drug-likeness (QED) is 0.622. The van der Waals surface area contributed by atoms with Crippen LogP contribution < -0.4 is 5.73 Å². The van der Waals surface area contributed by atoms with Gasteiger partial charge in [-0.15, -0.1) is 6.42 Å². The van der Waals surface area contributed by atoms with Crippen molar-refractivity contribution in [2.45, 2.75) is 38.1 Å².